The van der Waals surface area contributed by atoms with E-state index in [1.165, 1.54) is 11.3 Å². The highest BCUT2D eigenvalue weighted by Gasteiger charge is 2.16. The van der Waals surface area contributed by atoms with E-state index < -0.39 is 5.97 Å². The Labute approximate surface area is 113 Å². The van der Waals surface area contributed by atoms with E-state index in [0.717, 1.165) is 16.8 Å². The lowest BCUT2D eigenvalue weighted by Crippen LogP contribution is -1.95. The first-order valence-corrected chi connectivity index (χ1v) is 6.59. The molecule has 0 amide bonds. The number of carboxylic acids is 1. The molecule has 0 atom stereocenters. The first kappa shape index (κ1) is 11.7. The fourth-order valence-electron chi connectivity index (χ4n) is 1.94. The van der Waals surface area contributed by atoms with Crippen LogP contribution < -0.4 is 0 Å². The number of rotatable bonds is 3. The van der Waals surface area contributed by atoms with Crippen molar-refractivity contribution in [3.63, 3.8) is 0 Å². The molecule has 3 heterocycles. The van der Waals surface area contributed by atoms with Crippen molar-refractivity contribution in [2.45, 2.75) is 0 Å². The predicted octanol–water partition coefficient (Wildman–Crippen LogP) is 3.50. The molecule has 3 aromatic rings. The highest BCUT2D eigenvalue weighted by Crippen LogP contribution is 2.30. The Bertz CT molecular complexity index is 702. The van der Waals surface area contributed by atoms with Gasteiger partial charge in [0.2, 0.25) is 0 Å². The van der Waals surface area contributed by atoms with Crippen LogP contribution in [0.3, 0.4) is 0 Å². The fourth-order valence-corrected chi connectivity index (χ4v) is 2.59. The maximum atomic E-state index is 11.3. The lowest BCUT2D eigenvalue weighted by molar-refractivity contribution is 0.0698. The molecular weight excluding hydrogens is 260 g/mol. The highest BCUT2D eigenvalue weighted by molar-refractivity contribution is 7.08. The topological polar surface area (TPSA) is 66.0 Å². The number of aromatic nitrogens is 2. The number of carboxylic acid groups (broad SMARTS) is 1. The Kier molecular flexibility index (Phi) is 2.89. The summed E-state index contributed by atoms with van der Waals surface area (Å²) in [7, 11) is 0. The van der Waals surface area contributed by atoms with Gasteiger partial charge in [-0.25, -0.2) is 4.79 Å². The third-order valence-electron chi connectivity index (χ3n) is 2.85. The first-order valence-electron chi connectivity index (χ1n) is 5.65. The zero-order chi connectivity index (χ0) is 13.2. The van der Waals surface area contributed by atoms with Gasteiger partial charge in [-0.15, -0.1) is 0 Å². The second kappa shape index (κ2) is 4.70. The Morgan fingerprint density at radius 2 is 2.00 bits per heavy atom. The summed E-state index contributed by atoms with van der Waals surface area (Å²) in [6.07, 6.45) is 3.36. The number of nitrogens with one attached hydrogen (secondary N) is 1. The molecule has 2 N–H and O–H groups in total. The van der Waals surface area contributed by atoms with E-state index >= 15 is 0 Å². The molecule has 3 aromatic heterocycles. The molecule has 0 aliphatic heterocycles. The molecule has 0 aromatic carbocycles. The average molecular weight is 270 g/mol. The van der Waals surface area contributed by atoms with Gasteiger partial charge in [0, 0.05) is 34.6 Å². The van der Waals surface area contributed by atoms with E-state index in [4.69, 9.17) is 0 Å². The lowest BCUT2D eigenvalue weighted by atomic mass is 10.1. The normalized spacial score (nSPS) is 10.5. The number of thiophene rings is 1. The van der Waals surface area contributed by atoms with Gasteiger partial charge >= 0.3 is 5.97 Å². The van der Waals surface area contributed by atoms with Crippen molar-refractivity contribution >= 4 is 17.3 Å². The van der Waals surface area contributed by atoms with E-state index in [1.807, 2.05) is 29.0 Å². The van der Waals surface area contributed by atoms with E-state index in [9.17, 15) is 9.90 Å². The smallest absolute Gasteiger partial charge is 0.337 e. The number of aromatic amines is 1. The fraction of sp³-hybridized carbons (Fsp3) is 0. The van der Waals surface area contributed by atoms with Crippen molar-refractivity contribution in [2.75, 3.05) is 0 Å². The quantitative estimate of drug-likeness (QED) is 0.765. The van der Waals surface area contributed by atoms with E-state index in [1.54, 1.807) is 18.5 Å². The van der Waals surface area contributed by atoms with Crippen LogP contribution >= 0.6 is 11.3 Å². The number of nitrogens with zero attached hydrogens (tertiary/aromatic N) is 1. The third kappa shape index (κ3) is 2.15. The Morgan fingerprint density at radius 3 is 2.63 bits per heavy atom. The zero-order valence-electron chi connectivity index (χ0n) is 9.83. The molecule has 0 saturated carbocycles. The lowest BCUT2D eigenvalue weighted by Gasteiger charge is -1.97. The summed E-state index contributed by atoms with van der Waals surface area (Å²) in [5.41, 5.74) is 3.51. The minimum Gasteiger partial charge on any atom is -0.478 e. The van der Waals surface area contributed by atoms with Crippen LogP contribution in [0.4, 0.5) is 0 Å². The highest BCUT2D eigenvalue weighted by atomic mass is 32.1. The number of pyridine rings is 1. The van der Waals surface area contributed by atoms with Crippen LogP contribution in [0.5, 0.6) is 0 Å². The Hall–Kier alpha value is -2.40. The van der Waals surface area contributed by atoms with Gasteiger partial charge in [0.1, 0.15) is 0 Å². The summed E-state index contributed by atoms with van der Waals surface area (Å²) in [5.74, 6) is -0.933. The van der Waals surface area contributed by atoms with E-state index in [0.29, 0.717) is 5.69 Å². The second-order valence-electron chi connectivity index (χ2n) is 4.02. The number of carbonyl (C=O) groups is 1. The summed E-state index contributed by atoms with van der Waals surface area (Å²) < 4.78 is 0. The number of hydrogen-bond donors (Lipinski definition) is 2. The number of aromatic carboxylic acids is 1. The maximum absolute atomic E-state index is 11.3. The van der Waals surface area contributed by atoms with Crippen molar-refractivity contribution in [1.82, 2.24) is 9.97 Å². The molecule has 94 valence electrons. The van der Waals surface area contributed by atoms with Crippen LogP contribution in [0.1, 0.15) is 10.4 Å². The molecule has 0 aliphatic rings. The van der Waals surface area contributed by atoms with Gasteiger partial charge in [0.25, 0.3) is 0 Å². The summed E-state index contributed by atoms with van der Waals surface area (Å²) in [6, 6.07) is 7.24. The van der Waals surface area contributed by atoms with Gasteiger partial charge in [-0.2, -0.15) is 11.3 Å². The Balaban J connectivity index is 2.15. The largest absolute Gasteiger partial charge is 0.478 e. The molecular formula is C14H10N2O2S. The monoisotopic (exact) mass is 270 g/mol. The second-order valence-corrected chi connectivity index (χ2v) is 4.80. The molecule has 0 radical (unpaired) electrons. The molecule has 0 spiro atoms. The molecule has 5 heteroatoms. The molecule has 0 bridgehead atoms. The molecule has 0 saturated heterocycles. The van der Waals surface area contributed by atoms with Crippen LogP contribution in [0.15, 0.2) is 47.4 Å². The molecule has 0 aliphatic carbocycles. The van der Waals surface area contributed by atoms with Gasteiger partial charge in [-0.05, 0) is 29.6 Å². The SMILES string of the molecule is O=C(O)c1cc(-c2ccncc2)[nH]c1-c1ccsc1. The minimum atomic E-state index is -0.933. The maximum Gasteiger partial charge on any atom is 0.337 e. The van der Waals surface area contributed by atoms with Crippen LogP contribution in [0, 0.1) is 0 Å². The van der Waals surface area contributed by atoms with Crippen LogP contribution in [-0.2, 0) is 0 Å². The molecule has 3 rings (SSSR count). The van der Waals surface area contributed by atoms with Crippen molar-refractivity contribution < 1.29 is 9.90 Å². The van der Waals surface area contributed by atoms with Gasteiger partial charge in [-0.1, -0.05) is 0 Å². The predicted molar refractivity (Wildman–Crippen MR) is 74.3 cm³/mol. The Morgan fingerprint density at radius 1 is 1.21 bits per heavy atom. The summed E-state index contributed by atoms with van der Waals surface area (Å²) in [6.45, 7) is 0. The van der Waals surface area contributed by atoms with Gasteiger partial charge in [0.05, 0.1) is 11.3 Å². The van der Waals surface area contributed by atoms with Crippen molar-refractivity contribution in [3.8, 4) is 22.5 Å². The van der Waals surface area contributed by atoms with Gasteiger partial charge in [0.15, 0.2) is 0 Å². The van der Waals surface area contributed by atoms with Gasteiger partial charge in [-0.3, -0.25) is 4.98 Å². The summed E-state index contributed by atoms with van der Waals surface area (Å²) >= 11 is 1.54. The summed E-state index contributed by atoms with van der Waals surface area (Å²) in [5, 5.41) is 13.1. The third-order valence-corrected chi connectivity index (χ3v) is 3.53. The van der Waals surface area contributed by atoms with Crippen LogP contribution in [-0.4, -0.2) is 21.0 Å². The number of hydrogen-bond acceptors (Lipinski definition) is 3. The van der Waals surface area contributed by atoms with Crippen molar-refractivity contribution in [1.29, 1.82) is 0 Å². The zero-order valence-corrected chi connectivity index (χ0v) is 10.6. The molecule has 4 nitrogen and oxygen atoms in total. The van der Waals surface area contributed by atoms with Gasteiger partial charge < -0.3 is 10.1 Å². The van der Waals surface area contributed by atoms with E-state index in [2.05, 4.69) is 9.97 Å². The summed E-state index contributed by atoms with van der Waals surface area (Å²) in [4.78, 5) is 18.5. The van der Waals surface area contributed by atoms with E-state index in [-0.39, 0.29) is 5.56 Å². The average Bonchev–Trinajstić information content (AvgIpc) is 3.08. The van der Waals surface area contributed by atoms with Crippen LogP contribution in [0.25, 0.3) is 22.5 Å². The van der Waals surface area contributed by atoms with Crippen LogP contribution in [0.2, 0.25) is 0 Å². The molecule has 0 fully saturated rings. The molecule has 0 unspecified atom stereocenters. The van der Waals surface area contributed by atoms with Crippen molar-refractivity contribution in [3.05, 3.63) is 53.0 Å². The standard InChI is InChI=1S/C14H10N2O2S/c17-14(18)11-7-12(9-1-4-15-5-2-9)16-13(11)10-3-6-19-8-10/h1-8,16H,(H,17,18). The molecule has 19 heavy (non-hydrogen) atoms. The van der Waals surface area contributed by atoms with Crippen molar-refractivity contribution in [2.24, 2.45) is 0 Å². The minimum absolute atomic E-state index is 0.283. The first-order chi connectivity index (χ1) is 9.25. The number of H-pyrrole nitrogens is 1.